The molecule has 0 aromatic rings. The van der Waals surface area contributed by atoms with Crippen LogP contribution in [-0.2, 0) is 9.47 Å². The van der Waals surface area contributed by atoms with Crippen molar-refractivity contribution in [1.29, 1.82) is 0 Å². The molecule has 3 rings (SSSR count). The van der Waals surface area contributed by atoms with Gasteiger partial charge in [0.25, 0.3) is 0 Å². The number of ether oxygens (including phenoxy) is 2. The van der Waals surface area contributed by atoms with Crippen LogP contribution < -0.4 is 0 Å². The monoisotopic (exact) mass is 292 g/mol. The molecule has 0 radical (unpaired) electrons. The molecule has 2 nitrogen and oxygen atoms in total. The van der Waals surface area contributed by atoms with Gasteiger partial charge in [-0.1, -0.05) is 0 Å². The Hall–Kier alpha value is 0.970. The lowest BCUT2D eigenvalue weighted by atomic mass is 10.1. The third-order valence-corrected chi connectivity index (χ3v) is 6.58. The van der Waals surface area contributed by atoms with Gasteiger partial charge in [-0.2, -0.15) is 35.3 Å². The molecule has 4 unspecified atom stereocenters. The van der Waals surface area contributed by atoms with Crippen LogP contribution in [0.1, 0.15) is 6.42 Å². The SMILES string of the molecule is C(OCC1CS1)C1CSC(COCC2CS2)C1. The molecule has 3 saturated heterocycles. The second-order valence-electron chi connectivity index (χ2n) is 5.04. The molecule has 5 heteroatoms. The van der Waals surface area contributed by atoms with Crippen molar-refractivity contribution in [2.24, 2.45) is 5.92 Å². The minimum Gasteiger partial charge on any atom is -0.380 e. The smallest absolute Gasteiger partial charge is 0.0593 e. The Morgan fingerprint density at radius 3 is 1.94 bits per heavy atom. The topological polar surface area (TPSA) is 18.5 Å². The molecule has 0 aliphatic carbocycles. The van der Waals surface area contributed by atoms with Gasteiger partial charge in [-0.05, 0) is 18.1 Å². The lowest BCUT2D eigenvalue weighted by molar-refractivity contribution is 0.104. The van der Waals surface area contributed by atoms with E-state index in [0.717, 1.165) is 48.1 Å². The summed E-state index contributed by atoms with van der Waals surface area (Å²) in [6.45, 7) is 3.88. The summed E-state index contributed by atoms with van der Waals surface area (Å²) in [4.78, 5) is 0. The molecule has 0 N–H and O–H groups in total. The highest BCUT2D eigenvalue weighted by atomic mass is 32.2. The van der Waals surface area contributed by atoms with E-state index in [1.165, 1.54) is 23.7 Å². The minimum absolute atomic E-state index is 0.725. The van der Waals surface area contributed by atoms with Crippen LogP contribution in [0, 0.1) is 5.92 Å². The molecular formula is C12H20O2S3. The van der Waals surface area contributed by atoms with E-state index >= 15 is 0 Å². The van der Waals surface area contributed by atoms with E-state index in [1.807, 2.05) is 23.5 Å². The molecule has 3 aliphatic rings. The molecule has 0 bridgehead atoms. The van der Waals surface area contributed by atoms with Crippen molar-refractivity contribution in [1.82, 2.24) is 0 Å². The van der Waals surface area contributed by atoms with E-state index < -0.39 is 0 Å². The fourth-order valence-corrected chi connectivity index (χ4v) is 4.26. The lowest BCUT2D eigenvalue weighted by Gasteiger charge is -2.11. The van der Waals surface area contributed by atoms with Crippen LogP contribution in [0.5, 0.6) is 0 Å². The van der Waals surface area contributed by atoms with Gasteiger partial charge in [0.1, 0.15) is 0 Å². The predicted molar refractivity (Wildman–Crippen MR) is 78.5 cm³/mol. The first-order valence-corrected chi connectivity index (χ1v) is 9.55. The highest BCUT2D eigenvalue weighted by molar-refractivity contribution is 8.07. The molecule has 0 aromatic heterocycles. The standard InChI is InChI=1S/C12H20O2S3/c1-9(2-13-4-11-7-16-11)6-15-10(1)3-14-5-12-8-17-12/h9-12H,1-8H2. The maximum atomic E-state index is 5.76. The van der Waals surface area contributed by atoms with Gasteiger partial charge in [0.2, 0.25) is 0 Å². The summed E-state index contributed by atoms with van der Waals surface area (Å²) in [5.74, 6) is 4.67. The van der Waals surface area contributed by atoms with Crippen molar-refractivity contribution < 1.29 is 9.47 Å². The predicted octanol–water partition coefficient (Wildman–Crippen LogP) is 2.37. The van der Waals surface area contributed by atoms with Crippen LogP contribution in [0.4, 0.5) is 0 Å². The number of hydrogen-bond donors (Lipinski definition) is 0. The van der Waals surface area contributed by atoms with Gasteiger partial charge in [-0.15, -0.1) is 0 Å². The third-order valence-electron chi connectivity index (χ3n) is 3.23. The molecule has 0 saturated carbocycles. The first kappa shape index (κ1) is 13.0. The second kappa shape index (κ2) is 6.42. The van der Waals surface area contributed by atoms with E-state index in [0.29, 0.717) is 0 Å². The fourth-order valence-electron chi connectivity index (χ4n) is 2.04. The molecule has 0 amide bonds. The molecule has 17 heavy (non-hydrogen) atoms. The molecular weight excluding hydrogens is 272 g/mol. The van der Waals surface area contributed by atoms with Gasteiger partial charge in [0.15, 0.2) is 0 Å². The average Bonchev–Trinajstić information content (AvgIpc) is 3.22. The van der Waals surface area contributed by atoms with Crippen LogP contribution in [-0.4, -0.2) is 59.4 Å². The van der Waals surface area contributed by atoms with Crippen LogP contribution >= 0.6 is 35.3 Å². The van der Waals surface area contributed by atoms with Crippen LogP contribution in [0.15, 0.2) is 0 Å². The number of hydrogen-bond acceptors (Lipinski definition) is 5. The van der Waals surface area contributed by atoms with Crippen molar-refractivity contribution >= 4 is 35.3 Å². The summed E-state index contributed by atoms with van der Waals surface area (Å²) in [6, 6.07) is 0. The molecule has 3 heterocycles. The molecule has 3 fully saturated rings. The normalized spacial score (nSPS) is 39.5. The molecule has 0 aromatic carbocycles. The number of rotatable bonds is 8. The van der Waals surface area contributed by atoms with Crippen LogP contribution in [0.2, 0.25) is 0 Å². The van der Waals surface area contributed by atoms with E-state index in [2.05, 4.69) is 11.8 Å². The summed E-state index contributed by atoms with van der Waals surface area (Å²) >= 11 is 6.12. The fraction of sp³-hybridized carbons (Fsp3) is 1.00. The van der Waals surface area contributed by atoms with Gasteiger partial charge in [-0.25, -0.2) is 0 Å². The number of thioether (sulfide) groups is 3. The van der Waals surface area contributed by atoms with Crippen molar-refractivity contribution in [3.8, 4) is 0 Å². The van der Waals surface area contributed by atoms with E-state index in [4.69, 9.17) is 9.47 Å². The maximum Gasteiger partial charge on any atom is 0.0593 e. The summed E-state index contributed by atoms with van der Waals surface area (Å²) in [5.41, 5.74) is 0. The molecule has 0 spiro atoms. The first-order valence-electron chi connectivity index (χ1n) is 6.40. The van der Waals surface area contributed by atoms with Gasteiger partial charge >= 0.3 is 0 Å². The zero-order chi connectivity index (χ0) is 11.5. The summed E-state index contributed by atoms with van der Waals surface area (Å²) in [5, 5.41) is 2.36. The zero-order valence-electron chi connectivity index (χ0n) is 10.0. The Labute approximate surface area is 116 Å². The van der Waals surface area contributed by atoms with Gasteiger partial charge in [0.05, 0.1) is 26.4 Å². The van der Waals surface area contributed by atoms with Crippen molar-refractivity contribution in [2.75, 3.05) is 43.7 Å². The highest BCUT2D eigenvalue weighted by Gasteiger charge is 2.28. The van der Waals surface area contributed by atoms with Crippen molar-refractivity contribution in [3.63, 3.8) is 0 Å². The van der Waals surface area contributed by atoms with E-state index in [1.54, 1.807) is 0 Å². The Kier molecular flexibility index (Phi) is 4.90. The van der Waals surface area contributed by atoms with Gasteiger partial charge in [-0.3, -0.25) is 0 Å². The molecule has 4 atom stereocenters. The molecule has 3 aliphatic heterocycles. The summed E-state index contributed by atoms with van der Waals surface area (Å²) in [7, 11) is 0. The van der Waals surface area contributed by atoms with E-state index in [9.17, 15) is 0 Å². The van der Waals surface area contributed by atoms with Crippen molar-refractivity contribution in [3.05, 3.63) is 0 Å². The van der Waals surface area contributed by atoms with Gasteiger partial charge in [0, 0.05) is 27.3 Å². The van der Waals surface area contributed by atoms with Crippen LogP contribution in [0.3, 0.4) is 0 Å². The largest absolute Gasteiger partial charge is 0.380 e. The molecule has 98 valence electrons. The Morgan fingerprint density at radius 1 is 0.706 bits per heavy atom. The third kappa shape index (κ3) is 4.86. The maximum absolute atomic E-state index is 5.76. The minimum atomic E-state index is 0.725. The average molecular weight is 292 g/mol. The van der Waals surface area contributed by atoms with Crippen molar-refractivity contribution in [2.45, 2.75) is 22.2 Å². The zero-order valence-corrected chi connectivity index (χ0v) is 12.5. The summed E-state index contributed by atoms with van der Waals surface area (Å²) < 4.78 is 11.5. The Balaban J connectivity index is 1.22. The summed E-state index contributed by atoms with van der Waals surface area (Å²) in [6.07, 6.45) is 1.29. The van der Waals surface area contributed by atoms with E-state index in [-0.39, 0.29) is 0 Å². The highest BCUT2D eigenvalue weighted by Crippen LogP contribution is 2.34. The quantitative estimate of drug-likeness (QED) is 0.638. The first-order chi connectivity index (χ1) is 8.40. The van der Waals surface area contributed by atoms with Gasteiger partial charge < -0.3 is 9.47 Å². The Morgan fingerprint density at radius 2 is 1.29 bits per heavy atom. The van der Waals surface area contributed by atoms with Crippen LogP contribution in [0.25, 0.3) is 0 Å². The lowest BCUT2D eigenvalue weighted by Crippen LogP contribution is -2.15. The Bertz CT molecular complexity index is 220. The second-order valence-corrected chi connectivity index (χ2v) is 9.04.